The summed E-state index contributed by atoms with van der Waals surface area (Å²) in [6.07, 6.45) is 0.999. The molecule has 1 fully saturated rings. The van der Waals surface area contributed by atoms with Crippen LogP contribution in [0.5, 0.6) is 5.75 Å². The minimum absolute atomic E-state index is 0.0728. The van der Waals surface area contributed by atoms with E-state index in [0.717, 1.165) is 43.7 Å². The van der Waals surface area contributed by atoms with E-state index in [-0.39, 0.29) is 5.91 Å². The minimum atomic E-state index is 0.0728. The molecule has 0 bridgehead atoms. The Balaban J connectivity index is 2.29. The zero-order chi connectivity index (χ0) is 13.8. The average Bonchev–Trinajstić information content (AvgIpc) is 2.69. The molecule has 2 rings (SSSR count). The van der Waals surface area contributed by atoms with Gasteiger partial charge in [-0.3, -0.25) is 4.79 Å². The standard InChI is InChI=1S/C15H22N2O2/c1-11-9-13(14(19-3)10-12(11)2)15(18)17-7-4-5-16-6-8-17/h9-10,16H,4-8H2,1-3H3. The van der Waals surface area contributed by atoms with Gasteiger partial charge in [-0.15, -0.1) is 0 Å². The summed E-state index contributed by atoms with van der Waals surface area (Å²) in [5.74, 6) is 0.744. The molecule has 1 amide bonds. The van der Waals surface area contributed by atoms with Crippen LogP contribution in [0.1, 0.15) is 27.9 Å². The Bertz CT molecular complexity index is 463. The van der Waals surface area contributed by atoms with Crippen LogP contribution in [0.15, 0.2) is 12.1 Å². The van der Waals surface area contributed by atoms with Crippen LogP contribution in [0.25, 0.3) is 0 Å². The van der Waals surface area contributed by atoms with Crippen molar-refractivity contribution in [2.75, 3.05) is 33.3 Å². The largest absolute Gasteiger partial charge is 0.496 e. The molecule has 1 N–H and O–H groups in total. The van der Waals surface area contributed by atoms with E-state index < -0.39 is 0 Å². The molecule has 1 aromatic rings. The molecule has 0 aromatic heterocycles. The maximum absolute atomic E-state index is 12.6. The molecule has 0 saturated carbocycles. The number of hydrogen-bond donors (Lipinski definition) is 1. The van der Waals surface area contributed by atoms with E-state index in [1.165, 1.54) is 0 Å². The van der Waals surface area contributed by atoms with E-state index in [4.69, 9.17) is 4.74 Å². The number of aryl methyl sites for hydroxylation is 2. The highest BCUT2D eigenvalue weighted by molar-refractivity contribution is 5.97. The maximum Gasteiger partial charge on any atom is 0.257 e. The molecule has 1 aromatic carbocycles. The second-order valence-corrected chi connectivity index (χ2v) is 5.03. The third-order valence-corrected chi connectivity index (χ3v) is 3.67. The summed E-state index contributed by atoms with van der Waals surface area (Å²) < 4.78 is 5.36. The van der Waals surface area contributed by atoms with Crippen LogP contribution < -0.4 is 10.1 Å². The number of nitrogens with zero attached hydrogens (tertiary/aromatic N) is 1. The summed E-state index contributed by atoms with van der Waals surface area (Å²) in [4.78, 5) is 14.5. The van der Waals surface area contributed by atoms with Crippen LogP contribution in [-0.2, 0) is 0 Å². The van der Waals surface area contributed by atoms with Gasteiger partial charge in [0.15, 0.2) is 0 Å². The van der Waals surface area contributed by atoms with Gasteiger partial charge in [-0.25, -0.2) is 0 Å². The monoisotopic (exact) mass is 262 g/mol. The van der Waals surface area contributed by atoms with Gasteiger partial charge >= 0.3 is 0 Å². The van der Waals surface area contributed by atoms with Crippen molar-refractivity contribution >= 4 is 5.91 Å². The fourth-order valence-corrected chi connectivity index (χ4v) is 2.34. The second kappa shape index (κ2) is 6.06. The van der Waals surface area contributed by atoms with Gasteiger partial charge in [-0.05, 0) is 50.1 Å². The molecule has 0 unspecified atom stereocenters. The first-order valence-corrected chi connectivity index (χ1v) is 6.78. The number of ether oxygens (including phenoxy) is 1. The van der Waals surface area contributed by atoms with Crippen molar-refractivity contribution in [2.45, 2.75) is 20.3 Å². The molecule has 0 radical (unpaired) electrons. The number of nitrogens with one attached hydrogen (secondary N) is 1. The third-order valence-electron chi connectivity index (χ3n) is 3.67. The number of methoxy groups -OCH3 is 1. The molecule has 4 nitrogen and oxygen atoms in total. The van der Waals surface area contributed by atoms with Crippen molar-refractivity contribution in [3.63, 3.8) is 0 Å². The van der Waals surface area contributed by atoms with Gasteiger partial charge in [-0.2, -0.15) is 0 Å². The fourth-order valence-electron chi connectivity index (χ4n) is 2.34. The molecule has 0 aliphatic carbocycles. The molecule has 4 heteroatoms. The molecular formula is C15H22N2O2. The van der Waals surface area contributed by atoms with Crippen molar-refractivity contribution in [1.29, 1.82) is 0 Å². The second-order valence-electron chi connectivity index (χ2n) is 5.03. The lowest BCUT2D eigenvalue weighted by Gasteiger charge is -2.21. The van der Waals surface area contributed by atoms with Crippen LogP contribution in [0.2, 0.25) is 0 Å². The summed E-state index contributed by atoms with van der Waals surface area (Å²) in [6, 6.07) is 3.88. The van der Waals surface area contributed by atoms with Crippen LogP contribution >= 0.6 is 0 Å². The zero-order valence-corrected chi connectivity index (χ0v) is 12.0. The number of rotatable bonds is 2. The van der Waals surface area contributed by atoms with Crippen LogP contribution in [0.3, 0.4) is 0 Å². The predicted octanol–water partition coefficient (Wildman–Crippen LogP) is 1.75. The number of amides is 1. The SMILES string of the molecule is COc1cc(C)c(C)cc1C(=O)N1CCCNCC1. The van der Waals surface area contributed by atoms with Gasteiger partial charge in [0.1, 0.15) is 5.75 Å². The first-order valence-electron chi connectivity index (χ1n) is 6.78. The summed E-state index contributed by atoms with van der Waals surface area (Å²) in [5, 5.41) is 3.31. The molecule has 104 valence electrons. The molecule has 0 atom stereocenters. The number of carbonyl (C=O) groups is 1. The van der Waals surface area contributed by atoms with E-state index in [9.17, 15) is 4.79 Å². The van der Waals surface area contributed by atoms with Gasteiger partial charge in [0.05, 0.1) is 12.7 Å². The van der Waals surface area contributed by atoms with Crippen molar-refractivity contribution in [2.24, 2.45) is 0 Å². The Morgan fingerprint density at radius 1 is 1.21 bits per heavy atom. The van der Waals surface area contributed by atoms with Gasteiger partial charge in [0.2, 0.25) is 0 Å². The van der Waals surface area contributed by atoms with E-state index in [1.54, 1.807) is 7.11 Å². The summed E-state index contributed by atoms with van der Waals surface area (Å²) >= 11 is 0. The van der Waals surface area contributed by atoms with Gasteiger partial charge < -0.3 is 15.0 Å². The number of hydrogen-bond acceptors (Lipinski definition) is 3. The van der Waals surface area contributed by atoms with Crippen molar-refractivity contribution in [3.8, 4) is 5.75 Å². The number of benzene rings is 1. The van der Waals surface area contributed by atoms with Crippen molar-refractivity contribution in [1.82, 2.24) is 10.2 Å². The van der Waals surface area contributed by atoms with Gasteiger partial charge in [0, 0.05) is 19.6 Å². The molecule has 1 heterocycles. The van der Waals surface area contributed by atoms with Gasteiger partial charge in [-0.1, -0.05) is 0 Å². The highest BCUT2D eigenvalue weighted by atomic mass is 16.5. The molecule has 1 aliphatic rings. The lowest BCUT2D eigenvalue weighted by Crippen LogP contribution is -2.34. The molecule has 1 saturated heterocycles. The van der Waals surface area contributed by atoms with E-state index in [1.807, 2.05) is 30.9 Å². The van der Waals surface area contributed by atoms with Crippen molar-refractivity contribution in [3.05, 3.63) is 28.8 Å². The predicted molar refractivity (Wildman–Crippen MR) is 75.9 cm³/mol. The summed E-state index contributed by atoms with van der Waals surface area (Å²) in [7, 11) is 1.62. The Kier molecular flexibility index (Phi) is 4.43. The smallest absolute Gasteiger partial charge is 0.257 e. The first-order chi connectivity index (χ1) is 9.13. The van der Waals surface area contributed by atoms with E-state index >= 15 is 0 Å². The first kappa shape index (κ1) is 13.9. The average molecular weight is 262 g/mol. The van der Waals surface area contributed by atoms with Crippen molar-refractivity contribution < 1.29 is 9.53 Å². The van der Waals surface area contributed by atoms with E-state index in [2.05, 4.69) is 5.32 Å². The van der Waals surface area contributed by atoms with Gasteiger partial charge in [0.25, 0.3) is 5.91 Å². The topological polar surface area (TPSA) is 41.6 Å². The summed E-state index contributed by atoms with van der Waals surface area (Å²) in [5.41, 5.74) is 2.94. The summed E-state index contributed by atoms with van der Waals surface area (Å²) in [6.45, 7) is 7.46. The minimum Gasteiger partial charge on any atom is -0.496 e. The highest BCUT2D eigenvalue weighted by Crippen LogP contribution is 2.24. The molecular weight excluding hydrogens is 240 g/mol. The van der Waals surface area contributed by atoms with Crippen LogP contribution in [0, 0.1) is 13.8 Å². The Labute approximate surface area is 114 Å². The van der Waals surface area contributed by atoms with Crippen LogP contribution in [0.4, 0.5) is 0 Å². The highest BCUT2D eigenvalue weighted by Gasteiger charge is 2.21. The molecule has 0 spiro atoms. The fraction of sp³-hybridized carbons (Fsp3) is 0.533. The Morgan fingerprint density at radius 3 is 2.68 bits per heavy atom. The lowest BCUT2D eigenvalue weighted by atomic mass is 10.0. The zero-order valence-electron chi connectivity index (χ0n) is 12.0. The Morgan fingerprint density at radius 2 is 1.95 bits per heavy atom. The van der Waals surface area contributed by atoms with Crippen LogP contribution in [-0.4, -0.2) is 44.1 Å². The third kappa shape index (κ3) is 3.07. The lowest BCUT2D eigenvalue weighted by molar-refractivity contribution is 0.0763. The quantitative estimate of drug-likeness (QED) is 0.883. The Hall–Kier alpha value is -1.55. The molecule has 19 heavy (non-hydrogen) atoms. The number of carbonyl (C=O) groups excluding carboxylic acids is 1. The van der Waals surface area contributed by atoms with E-state index in [0.29, 0.717) is 11.3 Å². The maximum atomic E-state index is 12.6. The molecule has 1 aliphatic heterocycles. The normalized spacial score (nSPS) is 16.1.